The van der Waals surface area contributed by atoms with Crippen LogP contribution in [0.3, 0.4) is 0 Å². The number of rotatable bonds is 5. The van der Waals surface area contributed by atoms with Crippen molar-refractivity contribution in [1.82, 2.24) is 0 Å². The largest absolute Gasteiger partial charge is 0.187 e. The third kappa shape index (κ3) is 2.76. The fourth-order valence-electron chi connectivity index (χ4n) is 11.5. The highest BCUT2D eigenvalue weighted by molar-refractivity contribution is 5.21. The van der Waals surface area contributed by atoms with Crippen LogP contribution in [-0.2, 0) is 0 Å². The van der Waals surface area contributed by atoms with Gasteiger partial charge in [-0.3, -0.25) is 0 Å². The third-order valence-corrected chi connectivity index (χ3v) is 13.3. The van der Waals surface area contributed by atoms with Crippen molar-refractivity contribution in [2.45, 2.75) is 145 Å². The fourth-order valence-corrected chi connectivity index (χ4v) is 11.5. The Bertz CT molecular complexity index is 893. The van der Waals surface area contributed by atoms with Gasteiger partial charge in [-0.15, -0.1) is 0 Å². The maximum atomic E-state index is 5.48. The molecule has 0 spiro atoms. The number of hydrogen-bond acceptors (Lipinski definition) is 4. The molecule has 0 aromatic carbocycles. The first-order valence-electron chi connectivity index (χ1n) is 14.8. The Morgan fingerprint density at radius 2 is 1.06 bits per heavy atom. The Hall–Kier alpha value is -0.800. The number of hydrogen-bond donors (Lipinski definition) is 0. The van der Waals surface area contributed by atoms with E-state index in [1.165, 1.54) is 116 Å². The summed E-state index contributed by atoms with van der Waals surface area (Å²) in [6, 6.07) is 0. The first kappa shape index (κ1) is 20.4. The number of fused-ring (bicyclic) bond motifs is 8. The van der Waals surface area contributed by atoms with Crippen LogP contribution in [0.2, 0.25) is 0 Å². The lowest BCUT2D eigenvalue weighted by atomic mass is 9.58. The molecule has 0 heterocycles. The van der Waals surface area contributed by atoms with E-state index in [1.807, 2.05) is 0 Å². The predicted octanol–water partition coefficient (Wildman–Crippen LogP) is 8.06. The molecule has 8 rings (SSSR count). The second-order valence-electron chi connectivity index (χ2n) is 14.9. The van der Waals surface area contributed by atoms with Gasteiger partial charge in [-0.1, -0.05) is 6.92 Å². The zero-order chi connectivity index (χ0) is 21.9. The summed E-state index contributed by atoms with van der Waals surface area (Å²) in [7, 11) is 0. The SMILES string of the molecule is C[C@@]1([C@@H]2C[C@@]3(N=NC45CCC(CC4)C5)CC[C@H]2C3)C[C@H]2CC[C@]1(N=NC13CCC(CC1)C3)C2. The van der Waals surface area contributed by atoms with E-state index in [1.54, 1.807) is 0 Å². The summed E-state index contributed by atoms with van der Waals surface area (Å²) in [5, 5.41) is 21.3. The van der Waals surface area contributed by atoms with Gasteiger partial charge in [0.05, 0.1) is 22.2 Å². The van der Waals surface area contributed by atoms with E-state index in [0.29, 0.717) is 5.41 Å². The Morgan fingerprint density at radius 1 is 0.485 bits per heavy atom. The zero-order valence-electron chi connectivity index (χ0n) is 20.9. The van der Waals surface area contributed by atoms with E-state index in [0.717, 1.165) is 29.6 Å². The van der Waals surface area contributed by atoms with Crippen molar-refractivity contribution in [1.29, 1.82) is 0 Å². The molecular weight excluding hydrogens is 404 g/mol. The Kier molecular flexibility index (Phi) is 4.01. The van der Waals surface area contributed by atoms with Crippen molar-refractivity contribution in [2.75, 3.05) is 0 Å². The van der Waals surface area contributed by atoms with Crippen molar-refractivity contribution in [3.8, 4) is 0 Å². The molecule has 4 heteroatoms. The summed E-state index contributed by atoms with van der Waals surface area (Å²) >= 11 is 0. The lowest BCUT2D eigenvalue weighted by molar-refractivity contribution is 0.0301. The summed E-state index contributed by atoms with van der Waals surface area (Å²) in [6.45, 7) is 2.66. The summed E-state index contributed by atoms with van der Waals surface area (Å²) < 4.78 is 0. The van der Waals surface area contributed by atoms with Gasteiger partial charge in [0.2, 0.25) is 0 Å². The van der Waals surface area contributed by atoms with E-state index in [-0.39, 0.29) is 22.2 Å². The van der Waals surface area contributed by atoms with Crippen LogP contribution in [0.4, 0.5) is 0 Å². The molecule has 0 N–H and O–H groups in total. The fraction of sp³-hybridized carbons (Fsp3) is 1.00. The molecule has 0 radical (unpaired) electrons. The summed E-state index contributed by atoms with van der Waals surface area (Å²) in [6.07, 6.45) is 24.3. The maximum absolute atomic E-state index is 5.48. The lowest BCUT2D eigenvalue weighted by Crippen LogP contribution is -2.48. The zero-order valence-corrected chi connectivity index (χ0v) is 20.9. The van der Waals surface area contributed by atoms with Crippen molar-refractivity contribution in [2.24, 2.45) is 55.5 Å². The second-order valence-corrected chi connectivity index (χ2v) is 14.9. The summed E-state index contributed by atoms with van der Waals surface area (Å²) in [5.74, 6) is 4.47. The van der Waals surface area contributed by atoms with Gasteiger partial charge >= 0.3 is 0 Å². The minimum atomic E-state index is 0.142. The van der Waals surface area contributed by atoms with Crippen molar-refractivity contribution in [3.63, 3.8) is 0 Å². The monoisotopic (exact) mass is 448 g/mol. The van der Waals surface area contributed by atoms with Crippen molar-refractivity contribution < 1.29 is 0 Å². The van der Waals surface area contributed by atoms with Crippen LogP contribution in [0.1, 0.15) is 122 Å². The molecule has 0 unspecified atom stereocenters. The summed E-state index contributed by atoms with van der Waals surface area (Å²) in [4.78, 5) is 0. The van der Waals surface area contributed by atoms with Gasteiger partial charge in [-0.25, -0.2) is 0 Å². The molecule has 0 aromatic rings. The molecule has 0 saturated heterocycles. The van der Waals surface area contributed by atoms with Gasteiger partial charge in [0.15, 0.2) is 0 Å². The first-order chi connectivity index (χ1) is 15.9. The molecule has 0 aliphatic heterocycles. The van der Waals surface area contributed by atoms with Crippen LogP contribution in [0.25, 0.3) is 0 Å². The average molecular weight is 449 g/mol. The van der Waals surface area contributed by atoms with Crippen LogP contribution >= 0.6 is 0 Å². The van der Waals surface area contributed by atoms with Crippen LogP contribution in [0.5, 0.6) is 0 Å². The normalized spacial score (nSPS) is 60.6. The van der Waals surface area contributed by atoms with Gasteiger partial charge < -0.3 is 0 Å². The second kappa shape index (κ2) is 6.49. The van der Waals surface area contributed by atoms with Crippen LogP contribution in [0.15, 0.2) is 20.5 Å². The first-order valence-corrected chi connectivity index (χ1v) is 14.8. The number of azo groups is 2. The minimum absolute atomic E-state index is 0.142. The quantitative estimate of drug-likeness (QED) is 0.382. The highest BCUT2D eigenvalue weighted by Crippen LogP contribution is 2.70. The minimum Gasteiger partial charge on any atom is -0.187 e. The van der Waals surface area contributed by atoms with E-state index in [2.05, 4.69) is 6.92 Å². The Morgan fingerprint density at radius 3 is 1.67 bits per heavy atom. The molecule has 8 fully saturated rings. The smallest absolute Gasteiger partial charge is 0.0875 e. The van der Waals surface area contributed by atoms with Crippen LogP contribution in [0, 0.1) is 35.0 Å². The van der Waals surface area contributed by atoms with Gasteiger partial charge in [0.1, 0.15) is 0 Å². The van der Waals surface area contributed by atoms with E-state index in [9.17, 15) is 0 Å². The molecule has 0 aromatic heterocycles. The Balaban J connectivity index is 1.07. The summed E-state index contributed by atoms with van der Waals surface area (Å²) in [5.41, 5.74) is 1.16. The average Bonchev–Trinajstić information content (AvgIpc) is 3.68. The molecule has 8 aliphatic carbocycles. The van der Waals surface area contributed by atoms with Crippen molar-refractivity contribution >= 4 is 0 Å². The molecule has 8 saturated carbocycles. The van der Waals surface area contributed by atoms with Crippen molar-refractivity contribution in [3.05, 3.63) is 0 Å². The van der Waals surface area contributed by atoms with Crippen LogP contribution < -0.4 is 0 Å². The lowest BCUT2D eigenvalue weighted by Gasteiger charge is -2.49. The van der Waals surface area contributed by atoms with Crippen LogP contribution in [-0.4, -0.2) is 22.2 Å². The van der Waals surface area contributed by atoms with Gasteiger partial charge in [0, 0.05) is 0 Å². The number of nitrogens with zero attached hydrogens (tertiary/aromatic N) is 4. The molecule has 33 heavy (non-hydrogen) atoms. The molecule has 0 amide bonds. The van der Waals surface area contributed by atoms with E-state index in [4.69, 9.17) is 20.5 Å². The Labute approximate surface area is 200 Å². The molecule has 8 aliphatic rings. The molecule has 180 valence electrons. The van der Waals surface area contributed by atoms with E-state index >= 15 is 0 Å². The molecule has 8 bridgehead atoms. The third-order valence-electron chi connectivity index (χ3n) is 13.3. The van der Waals surface area contributed by atoms with Gasteiger partial charge in [0.25, 0.3) is 0 Å². The molecule has 6 atom stereocenters. The predicted molar refractivity (Wildman–Crippen MR) is 129 cm³/mol. The highest BCUT2D eigenvalue weighted by atomic mass is 15.2. The topological polar surface area (TPSA) is 49.4 Å². The maximum Gasteiger partial charge on any atom is 0.0875 e. The molecular formula is C29H44N4. The highest BCUT2D eigenvalue weighted by Gasteiger charge is 2.68. The van der Waals surface area contributed by atoms with Gasteiger partial charge in [-0.2, -0.15) is 20.5 Å². The molecule has 4 nitrogen and oxygen atoms in total. The van der Waals surface area contributed by atoms with E-state index < -0.39 is 0 Å². The standard InChI is InChI=1S/C29H44N4/c1-25(14-22-6-13-29(25,17-22)33-31-27-10-4-21(16-27)5-11-27)24-19-28(12-7-23(24)18-28)32-30-26-8-2-20(15-26)3-9-26/h20-24H,2-19H2,1H3/t20?,21?,22-,23+,24-,25+,26?,27?,28-,29+/m1/s1. The van der Waals surface area contributed by atoms with Gasteiger partial charge in [-0.05, 0) is 151 Å².